The Morgan fingerprint density at radius 2 is 1.80 bits per heavy atom. The predicted molar refractivity (Wildman–Crippen MR) is 65.6 cm³/mol. The first-order valence-corrected chi connectivity index (χ1v) is 6.13. The largest absolute Gasteiger partial charge is 0.329 e. The van der Waals surface area contributed by atoms with E-state index in [1.807, 2.05) is 0 Å². The van der Waals surface area contributed by atoms with Crippen molar-refractivity contribution in [3.8, 4) is 0 Å². The highest BCUT2D eigenvalue weighted by atomic mass is 15.1. The lowest BCUT2D eigenvalue weighted by Crippen LogP contribution is -2.47. The normalized spacial score (nSPS) is 23.0. The van der Waals surface area contributed by atoms with Crippen LogP contribution >= 0.6 is 0 Å². The van der Waals surface area contributed by atoms with Gasteiger partial charge in [0.1, 0.15) is 0 Å². The van der Waals surface area contributed by atoms with Gasteiger partial charge in [0.2, 0.25) is 0 Å². The zero-order valence-electron chi connectivity index (χ0n) is 10.5. The summed E-state index contributed by atoms with van der Waals surface area (Å²) in [6, 6.07) is 0.331. The second-order valence-electron chi connectivity index (χ2n) is 5.86. The molecule has 0 amide bonds. The van der Waals surface area contributed by atoms with Gasteiger partial charge in [-0.1, -0.05) is 20.8 Å². The van der Waals surface area contributed by atoms with Crippen molar-refractivity contribution in [1.82, 2.24) is 4.90 Å². The molecule has 1 rings (SSSR count). The summed E-state index contributed by atoms with van der Waals surface area (Å²) in [5, 5.41) is 0. The summed E-state index contributed by atoms with van der Waals surface area (Å²) >= 11 is 0. The Labute approximate surface area is 94.2 Å². The van der Waals surface area contributed by atoms with E-state index in [9.17, 15) is 0 Å². The van der Waals surface area contributed by atoms with Crippen molar-refractivity contribution in [2.45, 2.75) is 39.7 Å². The molecule has 1 saturated heterocycles. The average Bonchev–Trinajstić information content (AvgIpc) is 2.17. The SMILES string of the molecule is CC(C)(C)C(N)C1CCN(CCN)CC1. The second kappa shape index (κ2) is 5.28. The minimum atomic E-state index is 0.237. The Kier molecular flexibility index (Phi) is 4.56. The van der Waals surface area contributed by atoms with Gasteiger partial charge in [-0.3, -0.25) is 0 Å². The van der Waals surface area contributed by atoms with Crippen LogP contribution in [0.1, 0.15) is 33.6 Å². The fraction of sp³-hybridized carbons (Fsp3) is 1.00. The molecular formula is C12H27N3. The lowest BCUT2D eigenvalue weighted by molar-refractivity contribution is 0.133. The second-order valence-corrected chi connectivity index (χ2v) is 5.86. The fourth-order valence-corrected chi connectivity index (χ4v) is 2.43. The van der Waals surface area contributed by atoms with E-state index in [1.165, 1.54) is 25.9 Å². The minimum absolute atomic E-state index is 0.237. The highest BCUT2D eigenvalue weighted by molar-refractivity contribution is 4.87. The van der Waals surface area contributed by atoms with E-state index in [4.69, 9.17) is 11.5 Å². The van der Waals surface area contributed by atoms with Crippen molar-refractivity contribution in [3.05, 3.63) is 0 Å². The molecule has 1 aliphatic heterocycles. The van der Waals surface area contributed by atoms with Crippen LogP contribution in [-0.2, 0) is 0 Å². The Morgan fingerprint density at radius 3 is 2.20 bits per heavy atom. The first kappa shape index (κ1) is 12.9. The van der Waals surface area contributed by atoms with Crippen LogP contribution < -0.4 is 11.5 Å². The van der Waals surface area contributed by atoms with Crippen LogP contribution in [0.2, 0.25) is 0 Å². The maximum Gasteiger partial charge on any atom is 0.0117 e. The van der Waals surface area contributed by atoms with Crippen LogP contribution in [0, 0.1) is 11.3 Å². The minimum Gasteiger partial charge on any atom is -0.329 e. The fourth-order valence-electron chi connectivity index (χ4n) is 2.43. The summed E-state index contributed by atoms with van der Waals surface area (Å²) < 4.78 is 0. The molecule has 1 unspecified atom stereocenters. The third-order valence-electron chi connectivity index (χ3n) is 3.59. The number of nitrogens with two attached hydrogens (primary N) is 2. The van der Waals surface area contributed by atoms with Gasteiger partial charge >= 0.3 is 0 Å². The Bertz CT molecular complexity index is 178. The monoisotopic (exact) mass is 213 g/mol. The molecule has 0 aromatic carbocycles. The van der Waals surface area contributed by atoms with E-state index in [-0.39, 0.29) is 5.41 Å². The van der Waals surface area contributed by atoms with Crippen LogP contribution in [0.25, 0.3) is 0 Å². The summed E-state index contributed by atoms with van der Waals surface area (Å²) in [5.74, 6) is 0.694. The smallest absolute Gasteiger partial charge is 0.0117 e. The van der Waals surface area contributed by atoms with Crippen LogP contribution in [0.15, 0.2) is 0 Å². The lowest BCUT2D eigenvalue weighted by atomic mass is 9.76. The first-order valence-electron chi connectivity index (χ1n) is 6.13. The number of hydrogen-bond donors (Lipinski definition) is 2. The number of nitrogens with zero attached hydrogens (tertiary/aromatic N) is 1. The Morgan fingerprint density at radius 1 is 1.27 bits per heavy atom. The van der Waals surface area contributed by atoms with Gasteiger partial charge in [-0.15, -0.1) is 0 Å². The third kappa shape index (κ3) is 3.74. The summed E-state index contributed by atoms with van der Waals surface area (Å²) in [4.78, 5) is 2.45. The molecule has 0 bridgehead atoms. The zero-order valence-corrected chi connectivity index (χ0v) is 10.5. The number of likely N-dealkylation sites (tertiary alicyclic amines) is 1. The lowest BCUT2D eigenvalue weighted by Gasteiger charge is -2.39. The van der Waals surface area contributed by atoms with Crippen LogP contribution in [0.3, 0.4) is 0 Å². The van der Waals surface area contributed by atoms with Crippen molar-refractivity contribution >= 4 is 0 Å². The van der Waals surface area contributed by atoms with Gasteiger partial charge in [0.25, 0.3) is 0 Å². The number of hydrogen-bond acceptors (Lipinski definition) is 3. The average molecular weight is 213 g/mol. The van der Waals surface area contributed by atoms with Gasteiger partial charge in [0, 0.05) is 19.1 Å². The maximum atomic E-state index is 6.30. The number of piperidine rings is 1. The predicted octanol–water partition coefficient (Wildman–Crippen LogP) is 1.03. The van der Waals surface area contributed by atoms with Crippen molar-refractivity contribution in [3.63, 3.8) is 0 Å². The summed E-state index contributed by atoms with van der Waals surface area (Å²) in [7, 11) is 0. The highest BCUT2D eigenvalue weighted by Gasteiger charge is 2.31. The molecule has 4 N–H and O–H groups in total. The van der Waals surface area contributed by atoms with Gasteiger partial charge in [0.05, 0.1) is 0 Å². The molecule has 0 aromatic rings. The number of rotatable bonds is 3. The van der Waals surface area contributed by atoms with Gasteiger partial charge in [0.15, 0.2) is 0 Å². The van der Waals surface area contributed by atoms with Crippen molar-refractivity contribution in [2.24, 2.45) is 22.8 Å². The Hall–Kier alpha value is -0.120. The van der Waals surface area contributed by atoms with Crippen LogP contribution in [0.5, 0.6) is 0 Å². The molecule has 0 spiro atoms. The highest BCUT2D eigenvalue weighted by Crippen LogP contribution is 2.29. The summed E-state index contributed by atoms with van der Waals surface area (Å²) in [6.07, 6.45) is 2.47. The zero-order chi connectivity index (χ0) is 11.5. The summed E-state index contributed by atoms with van der Waals surface area (Å²) in [5.41, 5.74) is 12.1. The maximum absolute atomic E-state index is 6.30. The van der Waals surface area contributed by atoms with Crippen molar-refractivity contribution in [2.75, 3.05) is 26.2 Å². The quantitative estimate of drug-likeness (QED) is 0.736. The summed E-state index contributed by atoms with van der Waals surface area (Å²) in [6.45, 7) is 10.9. The molecule has 1 heterocycles. The standard InChI is InChI=1S/C12H27N3/c1-12(2,3)11(14)10-4-7-15(8-5-10)9-6-13/h10-11H,4-9,13-14H2,1-3H3. The van der Waals surface area contributed by atoms with Gasteiger partial charge in [-0.05, 0) is 37.3 Å². The molecule has 0 radical (unpaired) electrons. The molecule has 3 heteroatoms. The van der Waals surface area contributed by atoms with Crippen LogP contribution in [-0.4, -0.2) is 37.1 Å². The molecule has 0 aromatic heterocycles. The third-order valence-corrected chi connectivity index (χ3v) is 3.59. The van der Waals surface area contributed by atoms with E-state index in [0.29, 0.717) is 12.0 Å². The molecule has 90 valence electrons. The van der Waals surface area contributed by atoms with Gasteiger partial charge < -0.3 is 16.4 Å². The molecule has 3 nitrogen and oxygen atoms in total. The van der Waals surface area contributed by atoms with Gasteiger partial charge in [-0.2, -0.15) is 0 Å². The topological polar surface area (TPSA) is 55.3 Å². The molecular weight excluding hydrogens is 186 g/mol. The van der Waals surface area contributed by atoms with Crippen molar-refractivity contribution < 1.29 is 0 Å². The van der Waals surface area contributed by atoms with E-state index >= 15 is 0 Å². The molecule has 1 aliphatic rings. The van der Waals surface area contributed by atoms with E-state index in [2.05, 4.69) is 25.7 Å². The molecule has 0 aliphatic carbocycles. The van der Waals surface area contributed by atoms with Crippen LogP contribution in [0.4, 0.5) is 0 Å². The first-order chi connectivity index (χ1) is 6.95. The molecule has 1 fully saturated rings. The Balaban J connectivity index is 2.37. The van der Waals surface area contributed by atoms with E-state index < -0.39 is 0 Å². The van der Waals surface area contributed by atoms with E-state index in [0.717, 1.165) is 13.1 Å². The molecule has 15 heavy (non-hydrogen) atoms. The van der Waals surface area contributed by atoms with Crippen molar-refractivity contribution in [1.29, 1.82) is 0 Å². The molecule has 0 saturated carbocycles. The van der Waals surface area contributed by atoms with E-state index in [1.54, 1.807) is 0 Å². The van der Waals surface area contributed by atoms with Gasteiger partial charge in [-0.25, -0.2) is 0 Å². The molecule has 1 atom stereocenters.